The molecular weight excluding hydrogens is 253 g/mol. The largest absolute Gasteiger partial charge is 0.573 e. The summed E-state index contributed by atoms with van der Waals surface area (Å²) in [5.74, 6) is -1.38. The Labute approximate surface area is 90.6 Å². The van der Waals surface area contributed by atoms with Gasteiger partial charge in [-0.15, -0.1) is 13.2 Å². The zero-order valence-corrected chi connectivity index (χ0v) is 8.02. The number of aromatic nitrogens is 1. The number of alkyl halides is 5. The number of aliphatic hydroxyl groups excluding tert-OH is 1. The molecule has 9 heteroatoms. The van der Waals surface area contributed by atoms with Crippen molar-refractivity contribution in [3.8, 4) is 5.75 Å². The highest BCUT2D eigenvalue weighted by molar-refractivity contribution is 5.32. The monoisotopic (exact) mass is 259 g/mol. The van der Waals surface area contributed by atoms with E-state index in [0.29, 0.717) is 6.20 Å². The summed E-state index contributed by atoms with van der Waals surface area (Å²) in [6.07, 6.45) is -7.93. The second kappa shape index (κ2) is 4.70. The lowest BCUT2D eigenvalue weighted by Crippen LogP contribution is -2.25. The highest BCUT2D eigenvalue weighted by Gasteiger charge is 2.34. The molecule has 2 N–H and O–H groups in total. The van der Waals surface area contributed by atoms with Gasteiger partial charge in [0.15, 0.2) is 5.75 Å². The van der Waals surface area contributed by atoms with Crippen LogP contribution in [0.4, 0.5) is 22.0 Å². The predicted molar refractivity (Wildman–Crippen MR) is 44.6 cm³/mol. The molecule has 0 aliphatic rings. The number of pyridine rings is 1. The van der Waals surface area contributed by atoms with Gasteiger partial charge >= 0.3 is 6.36 Å². The van der Waals surface area contributed by atoms with Crippen molar-refractivity contribution in [3.05, 3.63) is 27.7 Å². The van der Waals surface area contributed by atoms with Crippen LogP contribution in [-0.4, -0.2) is 16.5 Å². The fourth-order valence-corrected chi connectivity index (χ4v) is 1.07. The summed E-state index contributed by atoms with van der Waals surface area (Å²) < 4.78 is 63.6. The molecule has 0 saturated carbocycles. The fraction of sp³-hybridized carbons (Fsp3) is 0.375. The normalized spacial score (nSPS) is 11.9. The van der Waals surface area contributed by atoms with Crippen molar-refractivity contribution in [1.29, 1.82) is 0 Å². The summed E-state index contributed by atoms with van der Waals surface area (Å²) in [4.78, 5) is 13.2. The van der Waals surface area contributed by atoms with Gasteiger partial charge in [0.2, 0.25) is 5.43 Å². The van der Waals surface area contributed by atoms with Gasteiger partial charge in [-0.3, -0.25) is 4.79 Å². The van der Waals surface area contributed by atoms with E-state index >= 15 is 0 Å². The molecule has 0 radical (unpaired) electrons. The Morgan fingerprint density at radius 2 is 2.00 bits per heavy atom. The molecule has 0 fully saturated rings. The molecule has 0 bridgehead atoms. The van der Waals surface area contributed by atoms with Crippen molar-refractivity contribution >= 4 is 0 Å². The second-order valence-corrected chi connectivity index (χ2v) is 2.89. The van der Waals surface area contributed by atoms with Crippen LogP contribution in [0.25, 0.3) is 0 Å². The lowest BCUT2D eigenvalue weighted by atomic mass is 10.2. The number of rotatable bonds is 3. The van der Waals surface area contributed by atoms with E-state index in [1.165, 1.54) is 0 Å². The maximum atomic E-state index is 12.3. The molecule has 4 nitrogen and oxygen atoms in total. The van der Waals surface area contributed by atoms with Crippen LogP contribution >= 0.6 is 0 Å². The smallest absolute Gasteiger partial charge is 0.400 e. The maximum absolute atomic E-state index is 12.3. The number of aromatic amines is 1. The quantitative estimate of drug-likeness (QED) is 0.812. The number of aliphatic hydroxyl groups is 1. The van der Waals surface area contributed by atoms with Crippen molar-refractivity contribution in [2.24, 2.45) is 0 Å². The van der Waals surface area contributed by atoms with Gasteiger partial charge in [0.1, 0.15) is 0 Å². The first-order chi connectivity index (χ1) is 7.76. The first kappa shape index (κ1) is 13.4. The van der Waals surface area contributed by atoms with Crippen LogP contribution in [0.5, 0.6) is 5.75 Å². The first-order valence-electron chi connectivity index (χ1n) is 4.15. The fourth-order valence-electron chi connectivity index (χ4n) is 1.07. The van der Waals surface area contributed by atoms with E-state index in [1.807, 2.05) is 4.98 Å². The van der Waals surface area contributed by atoms with E-state index in [1.54, 1.807) is 0 Å². The Bertz CT molecular complexity index is 453. The third-order valence-electron chi connectivity index (χ3n) is 1.76. The van der Waals surface area contributed by atoms with Gasteiger partial charge in [0.05, 0.1) is 17.9 Å². The number of hydrogen-bond acceptors (Lipinski definition) is 3. The molecule has 0 aliphatic carbocycles. The highest BCUT2D eigenvalue weighted by atomic mass is 19.4. The number of nitrogens with one attached hydrogen (secondary N) is 1. The Kier molecular flexibility index (Phi) is 3.71. The molecule has 0 aliphatic heterocycles. The van der Waals surface area contributed by atoms with Crippen molar-refractivity contribution in [3.63, 3.8) is 0 Å². The molecule has 17 heavy (non-hydrogen) atoms. The Balaban J connectivity index is 3.33. The van der Waals surface area contributed by atoms with Crippen molar-refractivity contribution in [2.45, 2.75) is 19.4 Å². The van der Waals surface area contributed by atoms with E-state index in [-0.39, 0.29) is 0 Å². The maximum Gasteiger partial charge on any atom is 0.573 e. The summed E-state index contributed by atoms with van der Waals surface area (Å²) in [6, 6.07) is 0. The SMILES string of the molecule is O=c1c(C(F)F)c[nH]c(CO)c1OC(F)(F)F. The summed E-state index contributed by atoms with van der Waals surface area (Å²) >= 11 is 0. The zero-order chi connectivity index (χ0) is 13.2. The van der Waals surface area contributed by atoms with Gasteiger partial charge in [-0.2, -0.15) is 0 Å². The van der Waals surface area contributed by atoms with Gasteiger partial charge in [0, 0.05) is 6.20 Å². The van der Waals surface area contributed by atoms with Gasteiger partial charge < -0.3 is 14.8 Å². The molecule has 1 aromatic heterocycles. The van der Waals surface area contributed by atoms with Gasteiger partial charge in [-0.25, -0.2) is 8.78 Å². The minimum atomic E-state index is -5.21. The molecule has 0 spiro atoms. The summed E-state index contributed by atoms with van der Waals surface area (Å²) in [7, 11) is 0. The number of ether oxygens (including phenoxy) is 1. The molecule has 0 atom stereocenters. The molecule has 0 unspecified atom stereocenters. The van der Waals surface area contributed by atoms with Gasteiger partial charge in [-0.1, -0.05) is 0 Å². The summed E-state index contributed by atoms with van der Waals surface area (Å²) in [5, 5.41) is 8.66. The molecule has 1 aromatic rings. The van der Waals surface area contributed by atoms with Crippen LogP contribution in [0.15, 0.2) is 11.0 Å². The third-order valence-corrected chi connectivity index (χ3v) is 1.76. The van der Waals surface area contributed by atoms with Gasteiger partial charge in [-0.05, 0) is 0 Å². The van der Waals surface area contributed by atoms with Crippen molar-refractivity contribution in [1.82, 2.24) is 4.98 Å². The lowest BCUT2D eigenvalue weighted by molar-refractivity contribution is -0.275. The molecule has 0 saturated heterocycles. The van der Waals surface area contributed by atoms with E-state index in [9.17, 15) is 26.7 Å². The number of H-pyrrole nitrogens is 1. The van der Waals surface area contributed by atoms with E-state index in [2.05, 4.69) is 4.74 Å². The van der Waals surface area contributed by atoms with Crippen LogP contribution in [-0.2, 0) is 6.61 Å². The predicted octanol–water partition coefficient (Wildman–Crippen LogP) is 1.70. The van der Waals surface area contributed by atoms with Crippen LogP contribution in [0.3, 0.4) is 0 Å². The van der Waals surface area contributed by atoms with E-state index in [4.69, 9.17) is 5.11 Å². The standard InChI is InChI=1S/C8H6F5NO3/c9-7(10)3-1-14-4(2-15)6(5(3)16)17-8(11,12)13/h1,7,15H,2H2,(H,14,16). The lowest BCUT2D eigenvalue weighted by Gasteiger charge is -2.12. The van der Waals surface area contributed by atoms with Crippen LogP contribution < -0.4 is 10.2 Å². The van der Waals surface area contributed by atoms with Crippen molar-refractivity contribution in [2.75, 3.05) is 0 Å². The Hall–Kier alpha value is -1.64. The highest BCUT2D eigenvalue weighted by Crippen LogP contribution is 2.24. The van der Waals surface area contributed by atoms with Crippen LogP contribution in [0.2, 0.25) is 0 Å². The topological polar surface area (TPSA) is 62.3 Å². The minimum absolute atomic E-state index is 0.530. The Morgan fingerprint density at radius 1 is 1.41 bits per heavy atom. The molecule has 96 valence electrons. The number of hydrogen-bond donors (Lipinski definition) is 2. The summed E-state index contributed by atoms with van der Waals surface area (Å²) in [5.41, 5.74) is -3.40. The average molecular weight is 259 g/mol. The molecule has 0 amide bonds. The molecular formula is C8H6F5NO3. The minimum Gasteiger partial charge on any atom is -0.400 e. The molecule has 1 rings (SSSR count). The molecule has 1 heterocycles. The zero-order valence-electron chi connectivity index (χ0n) is 8.02. The second-order valence-electron chi connectivity index (χ2n) is 2.89. The molecule has 0 aromatic carbocycles. The third kappa shape index (κ3) is 3.16. The van der Waals surface area contributed by atoms with Crippen LogP contribution in [0.1, 0.15) is 17.7 Å². The van der Waals surface area contributed by atoms with Crippen molar-refractivity contribution < 1.29 is 31.8 Å². The summed E-state index contributed by atoms with van der Waals surface area (Å²) in [6.45, 7) is -0.982. The first-order valence-corrected chi connectivity index (χ1v) is 4.15. The van der Waals surface area contributed by atoms with Gasteiger partial charge in [0.25, 0.3) is 6.43 Å². The van der Waals surface area contributed by atoms with E-state index in [0.717, 1.165) is 0 Å². The average Bonchev–Trinajstić information content (AvgIpc) is 2.18. The van der Waals surface area contributed by atoms with E-state index < -0.39 is 41.8 Å². The number of halogens is 5. The van der Waals surface area contributed by atoms with Crippen LogP contribution in [0, 0.1) is 0 Å². The Morgan fingerprint density at radius 3 is 2.41 bits per heavy atom.